The normalized spacial score (nSPS) is 22.5. The van der Waals surface area contributed by atoms with Crippen LogP contribution in [0.5, 0.6) is 0 Å². The summed E-state index contributed by atoms with van der Waals surface area (Å²) in [4.78, 5) is 13.3. The summed E-state index contributed by atoms with van der Waals surface area (Å²) in [6, 6.07) is 9.65. The molecule has 0 spiro atoms. The van der Waals surface area contributed by atoms with Crippen molar-refractivity contribution >= 4 is 29.3 Å². The van der Waals surface area contributed by atoms with Crippen LogP contribution in [0.25, 0.3) is 0 Å². The average Bonchev–Trinajstić information content (AvgIpc) is 2.60. The highest BCUT2D eigenvalue weighted by molar-refractivity contribution is 6.44. The van der Waals surface area contributed by atoms with Gasteiger partial charge in [0.15, 0.2) is 0 Å². The number of amides is 1. The molecule has 1 amide bonds. The van der Waals surface area contributed by atoms with E-state index in [4.69, 9.17) is 27.9 Å². The molecule has 0 radical (unpaired) electrons. The maximum Gasteiger partial charge on any atom is 0.410 e. The molecule has 0 saturated carbocycles. The fraction of sp³-hybridized carbons (Fsp3) is 0.611. The predicted octanol–water partition coefficient (Wildman–Crippen LogP) is 4.23. The quantitative estimate of drug-likeness (QED) is 0.759. The Hall–Kier alpha value is -0.970. The van der Waals surface area contributed by atoms with Crippen LogP contribution in [0.1, 0.15) is 31.7 Å². The number of aliphatic hydroxyl groups is 1. The first-order chi connectivity index (χ1) is 11.5. The molecular formula is C18H25Cl2NO3. The molecule has 1 heterocycles. The second kappa shape index (κ2) is 9.50. The number of nitrogens with zero attached hydrogens (tertiary/aromatic N) is 1. The molecule has 24 heavy (non-hydrogen) atoms. The zero-order chi connectivity index (χ0) is 17.5. The van der Waals surface area contributed by atoms with Crippen molar-refractivity contribution < 1.29 is 14.6 Å². The summed E-state index contributed by atoms with van der Waals surface area (Å²) in [7, 11) is 0. The SMILES string of the molecule is CC[C@@H]1CN(C(=O)OCc2ccccc2)CC[C@@H]1C[C@@H](O)C(Cl)Cl. The van der Waals surface area contributed by atoms with Crippen molar-refractivity contribution in [3.05, 3.63) is 35.9 Å². The second-order valence-electron chi connectivity index (χ2n) is 6.34. The van der Waals surface area contributed by atoms with E-state index in [1.807, 2.05) is 30.3 Å². The Balaban J connectivity index is 1.84. The third-order valence-electron chi connectivity index (χ3n) is 4.71. The molecule has 1 aliphatic heterocycles. The second-order valence-corrected chi connectivity index (χ2v) is 7.50. The number of alkyl halides is 2. The van der Waals surface area contributed by atoms with Crippen LogP contribution in [0.2, 0.25) is 0 Å². The van der Waals surface area contributed by atoms with Gasteiger partial charge in [-0.15, -0.1) is 23.2 Å². The number of carbonyl (C=O) groups is 1. The molecule has 0 aliphatic carbocycles. The number of benzene rings is 1. The minimum absolute atomic E-state index is 0.274. The van der Waals surface area contributed by atoms with Gasteiger partial charge in [0.1, 0.15) is 11.4 Å². The van der Waals surface area contributed by atoms with E-state index in [2.05, 4.69) is 6.92 Å². The van der Waals surface area contributed by atoms with Crippen LogP contribution < -0.4 is 0 Å². The van der Waals surface area contributed by atoms with Crippen molar-refractivity contribution in [1.82, 2.24) is 4.90 Å². The first-order valence-corrected chi connectivity index (χ1v) is 9.30. The number of carbonyl (C=O) groups excluding carboxylic acids is 1. The van der Waals surface area contributed by atoms with Crippen molar-refractivity contribution in [3.8, 4) is 0 Å². The Morgan fingerprint density at radius 2 is 2.04 bits per heavy atom. The Morgan fingerprint density at radius 1 is 1.33 bits per heavy atom. The van der Waals surface area contributed by atoms with Gasteiger partial charge in [-0.2, -0.15) is 0 Å². The van der Waals surface area contributed by atoms with Crippen molar-refractivity contribution in [2.24, 2.45) is 11.8 Å². The predicted molar refractivity (Wildman–Crippen MR) is 96.2 cm³/mol. The van der Waals surface area contributed by atoms with Gasteiger partial charge in [0.25, 0.3) is 0 Å². The number of ether oxygens (including phenoxy) is 1. The Bertz CT molecular complexity index is 512. The van der Waals surface area contributed by atoms with Crippen LogP contribution in [0.3, 0.4) is 0 Å². The number of rotatable bonds is 6. The van der Waals surface area contributed by atoms with E-state index in [-0.39, 0.29) is 12.7 Å². The van der Waals surface area contributed by atoms with Gasteiger partial charge in [-0.05, 0) is 30.2 Å². The average molecular weight is 374 g/mol. The Labute approximate surface area is 153 Å². The van der Waals surface area contributed by atoms with Gasteiger partial charge in [-0.3, -0.25) is 0 Å². The summed E-state index contributed by atoms with van der Waals surface area (Å²) >= 11 is 11.5. The van der Waals surface area contributed by atoms with Crippen LogP contribution in [0.15, 0.2) is 30.3 Å². The van der Waals surface area contributed by atoms with E-state index in [0.717, 1.165) is 18.4 Å². The topological polar surface area (TPSA) is 49.8 Å². The maximum absolute atomic E-state index is 12.3. The lowest BCUT2D eigenvalue weighted by molar-refractivity contribution is 0.0485. The fourth-order valence-corrected chi connectivity index (χ4v) is 3.45. The molecule has 1 fully saturated rings. The minimum atomic E-state index is -0.767. The summed E-state index contributed by atoms with van der Waals surface area (Å²) < 4.78 is 5.41. The van der Waals surface area contributed by atoms with Crippen molar-refractivity contribution in [2.45, 2.75) is 43.7 Å². The molecule has 1 aromatic carbocycles. The van der Waals surface area contributed by atoms with Crippen molar-refractivity contribution in [2.75, 3.05) is 13.1 Å². The highest BCUT2D eigenvalue weighted by atomic mass is 35.5. The Kier molecular flexibility index (Phi) is 7.66. The number of piperidine rings is 1. The number of hydrogen-bond donors (Lipinski definition) is 1. The number of aliphatic hydroxyl groups excluding tert-OH is 1. The van der Waals surface area contributed by atoms with E-state index in [1.54, 1.807) is 4.90 Å². The van der Waals surface area contributed by atoms with Gasteiger partial charge in [-0.25, -0.2) is 4.79 Å². The molecule has 0 aromatic heterocycles. The van der Waals surface area contributed by atoms with Crippen LogP contribution in [-0.4, -0.2) is 40.1 Å². The zero-order valence-electron chi connectivity index (χ0n) is 13.9. The van der Waals surface area contributed by atoms with E-state index in [1.165, 1.54) is 0 Å². The lowest BCUT2D eigenvalue weighted by atomic mass is 9.80. The van der Waals surface area contributed by atoms with Gasteiger partial charge < -0.3 is 14.7 Å². The third-order valence-corrected chi connectivity index (χ3v) is 5.30. The number of likely N-dealkylation sites (tertiary alicyclic amines) is 1. The molecule has 0 unspecified atom stereocenters. The molecule has 1 aromatic rings. The molecule has 0 bridgehead atoms. The first kappa shape index (κ1) is 19.4. The lowest BCUT2D eigenvalue weighted by Crippen LogP contribution is -2.44. The summed E-state index contributed by atoms with van der Waals surface area (Å²) in [5.74, 6) is 0.646. The van der Waals surface area contributed by atoms with E-state index >= 15 is 0 Å². The van der Waals surface area contributed by atoms with E-state index in [0.29, 0.717) is 31.3 Å². The molecule has 4 nitrogen and oxygen atoms in total. The minimum Gasteiger partial charge on any atom is -0.445 e. The van der Waals surface area contributed by atoms with Crippen LogP contribution in [-0.2, 0) is 11.3 Å². The zero-order valence-corrected chi connectivity index (χ0v) is 15.4. The fourth-order valence-electron chi connectivity index (χ4n) is 3.24. The molecule has 2 rings (SSSR count). The van der Waals surface area contributed by atoms with Crippen molar-refractivity contribution in [3.63, 3.8) is 0 Å². The van der Waals surface area contributed by atoms with Crippen LogP contribution in [0.4, 0.5) is 4.79 Å². The van der Waals surface area contributed by atoms with Crippen molar-refractivity contribution in [1.29, 1.82) is 0 Å². The van der Waals surface area contributed by atoms with E-state index < -0.39 is 10.9 Å². The van der Waals surface area contributed by atoms with Gasteiger partial charge in [0.05, 0.1) is 6.10 Å². The van der Waals surface area contributed by atoms with Crippen LogP contribution >= 0.6 is 23.2 Å². The summed E-state index contributed by atoms with van der Waals surface area (Å²) in [6.07, 6.45) is 1.35. The Morgan fingerprint density at radius 3 is 2.67 bits per heavy atom. The summed E-state index contributed by atoms with van der Waals surface area (Å²) in [5, 5.41) is 9.91. The van der Waals surface area contributed by atoms with Gasteiger partial charge in [0.2, 0.25) is 0 Å². The van der Waals surface area contributed by atoms with Gasteiger partial charge in [0, 0.05) is 13.1 Å². The first-order valence-electron chi connectivity index (χ1n) is 8.43. The molecule has 134 valence electrons. The molecular weight excluding hydrogens is 349 g/mol. The van der Waals surface area contributed by atoms with E-state index in [9.17, 15) is 9.90 Å². The highest BCUT2D eigenvalue weighted by Gasteiger charge is 2.33. The summed E-state index contributed by atoms with van der Waals surface area (Å²) in [5.41, 5.74) is 0.978. The molecule has 6 heteroatoms. The lowest BCUT2D eigenvalue weighted by Gasteiger charge is -2.38. The third kappa shape index (κ3) is 5.54. The van der Waals surface area contributed by atoms with Crippen LogP contribution in [0, 0.1) is 11.8 Å². The summed E-state index contributed by atoms with van der Waals surface area (Å²) in [6.45, 7) is 3.67. The smallest absolute Gasteiger partial charge is 0.410 e. The highest BCUT2D eigenvalue weighted by Crippen LogP contribution is 2.32. The molecule has 1 saturated heterocycles. The number of hydrogen-bond acceptors (Lipinski definition) is 3. The number of halogens is 2. The molecule has 1 aliphatic rings. The largest absolute Gasteiger partial charge is 0.445 e. The maximum atomic E-state index is 12.3. The standard InChI is InChI=1S/C18H25Cl2NO3/c1-2-14-11-21(9-8-15(14)10-16(22)17(19)20)18(23)24-12-13-6-4-3-5-7-13/h3-7,14-17,22H,2,8-12H2,1H3/t14-,15-,16-/m1/s1. The molecule has 1 N–H and O–H groups in total. The van der Waals surface area contributed by atoms with Gasteiger partial charge >= 0.3 is 6.09 Å². The molecule has 3 atom stereocenters. The van der Waals surface area contributed by atoms with Gasteiger partial charge in [-0.1, -0.05) is 43.7 Å². The monoisotopic (exact) mass is 373 g/mol.